The van der Waals surface area contributed by atoms with Gasteiger partial charge < -0.3 is 10.0 Å². The molecule has 3 nitrogen and oxygen atoms in total. The molecule has 1 aromatic heterocycles. The quantitative estimate of drug-likeness (QED) is 0.779. The first-order valence-electron chi connectivity index (χ1n) is 4.95. The maximum absolute atomic E-state index is 10.4. The summed E-state index contributed by atoms with van der Waals surface area (Å²) in [5.74, 6) is -0.883. The number of carbonyl (C=O) groups is 1. The van der Waals surface area contributed by atoms with Crippen LogP contribution in [0.15, 0.2) is 29.8 Å². The summed E-state index contributed by atoms with van der Waals surface area (Å²) in [5.41, 5.74) is 0. The SMILES string of the molecule is O=C(O)C=CN(Cc1cccs1)C1CC1. The van der Waals surface area contributed by atoms with Crippen molar-refractivity contribution in [1.29, 1.82) is 0 Å². The van der Waals surface area contributed by atoms with Crippen LogP contribution in [0.1, 0.15) is 17.7 Å². The van der Waals surface area contributed by atoms with Crippen molar-refractivity contribution < 1.29 is 9.90 Å². The van der Waals surface area contributed by atoms with E-state index >= 15 is 0 Å². The van der Waals surface area contributed by atoms with Gasteiger partial charge >= 0.3 is 5.97 Å². The number of carboxylic acid groups (broad SMARTS) is 1. The summed E-state index contributed by atoms with van der Waals surface area (Å²) in [6.45, 7) is 0.826. The second-order valence-electron chi connectivity index (χ2n) is 3.64. The Labute approximate surface area is 92.6 Å². The molecule has 15 heavy (non-hydrogen) atoms. The van der Waals surface area contributed by atoms with Crippen LogP contribution in [-0.4, -0.2) is 22.0 Å². The normalized spacial score (nSPS) is 15.7. The molecular formula is C11H13NO2S. The number of hydrogen-bond acceptors (Lipinski definition) is 3. The Bertz CT molecular complexity index is 355. The highest BCUT2D eigenvalue weighted by molar-refractivity contribution is 7.09. The zero-order valence-corrected chi connectivity index (χ0v) is 9.11. The van der Waals surface area contributed by atoms with Crippen LogP contribution in [0.2, 0.25) is 0 Å². The molecule has 1 aromatic rings. The van der Waals surface area contributed by atoms with E-state index in [0.29, 0.717) is 6.04 Å². The summed E-state index contributed by atoms with van der Waals surface area (Å²) < 4.78 is 0. The minimum absolute atomic E-state index is 0.544. The molecule has 0 bridgehead atoms. The highest BCUT2D eigenvalue weighted by Gasteiger charge is 2.27. The second kappa shape index (κ2) is 4.49. The van der Waals surface area contributed by atoms with Gasteiger partial charge in [-0.1, -0.05) is 6.07 Å². The van der Waals surface area contributed by atoms with Crippen molar-refractivity contribution in [2.45, 2.75) is 25.4 Å². The van der Waals surface area contributed by atoms with E-state index in [-0.39, 0.29) is 0 Å². The number of aliphatic carboxylic acids is 1. The van der Waals surface area contributed by atoms with Crippen molar-refractivity contribution >= 4 is 17.3 Å². The van der Waals surface area contributed by atoms with Crippen molar-refractivity contribution in [3.05, 3.63) is 34.7 Å². The molecule has 1 aliphatic rings. The minimum atomic E-state index is -0.883. The van der Waals surface area contributed by atoms with Crippen LogP contribution in [0.25, 0.3) is 0 Å². The molecule has 0 amide bonds. The van der Waals surface area contributed by atoms with Crippen LogP contribution in [0.5, 0.6) is 0 Å². The van der Waals surface area contributed by atoms with Crippen LogP contribution < -0.4 is 0 Å². The molecule has 0 spiro atoms. The van der Waals surface area contributed by atoms with Gasteiger partial charge in [0.2, 0.25) is 0 Å². The summed E-state index contributed by atoms with van der Waals surface area (Å²) in [6, 6.07) is 4.64. The van der Waals surface area contributed by atoms with Gasteiger partial charge in [0.05, 0.1) is 6.54 Å². The number of thiophene rings is 1. The Balaban J connectivity index is 1.97. The van der Waals surface area contributed by atoms with E-state index in [4.69, 9.17) is 5.11 Å². The summed E-state index contributed by atoms with van der Waals surface area (Å²) in [4.78, 5) is 13.8. The Hall–Kier alpha value is -1.29. The van der Waals surface area contributed by atoms with Gasteiger partial charge in [-0.3, -0.25) is 0 Å². The third-order valence-electron chi connectivity index (χ3n) is 2.34. The summed E-state index contributed by atoms with van der Waals surface area (Å²) in [5, 5.41) is 10.6. The molecule has 0 saturated heterocycles. The Kier molecular flexibility index (Phi) is 3.06. The molecule has 1 heterocycles. The molecule has 1 saturated carbocycles. The van der Waals surface area contributed by atoms with E-state index in [1.165, 1.54) is 23.8 Å². The van der Waals surface area contributed by atoms with Crippen LogP contribution in [0.3, 0.4) is 0 Å². The molecule has 1 N–H and O–H groups in total. The van der Waals surface area contributed by atoms with Gasteiger partial charge in [-0.25, -0.2) is 4.79 Å². The zero-order chi connectivity index (χ0) is 10.7. The molecule has 1 aliphatic carbocycles. The molecule has 0 unspecified atom stereocenters. The lowest BCUT2D eigenvalue weighted by atomic mass is 10.4. The van der Waals surface area contributed by atoms with E-state index < -0.39 is 5.97 Å². The van der Waals surface area contributed by atoms with Gasteiger partial charge in [-0.05, 0) is 24.3 Å². The van der Waals surface area contributed by atoms with Gasteiger partial charge in [0.15, 0.2) is 0 Å². The average Bonchev–Trinajstić information content (AvgIpc) is 2.91. The summed E-state index contributed by atoms with van der Waals surface area (Å²) in [7, 11) is 0. The van der Waals surface area contributed by atoms with Crippen molar-refractivity contribution in [3.63, 3.8) is 0 Å². The van der Waals surface area contributed by atoms with Gasteiger partial charge in [-0.2, -0.15) is 0 Å². The molecule has 80 valence electrons. The van der Waals surface area contributed by atoms with E-state index in [0.717, 1.165) is 6.54 Å². The Morgan fingerprint density at radius 2 is 2.47 bits per heavy atom. The smallest absolute Gasteiger partial charge is 0.329 e. The maximum Gasteiger partial charge on any atom is 0.329 e. The van der Waals surface area contributed by atoms with Crippen LogP contribution in [0.4, 0.5) is 0 Å². The van der Waals surface area contributed by atoms with Gasteiger partial charge in [-0.15, -0.1) is 11.3 Å². The van der Waals surface area contributed by atoms with Gasteiger partial charge in [0.1, 0.15) is 0 Å². The molecular weight excluding hydrogens is 210 g/mol. The third kappa shape index (κ3) is 3.09. The highest BCUT2D eigenvalue weighted by Crippen LogP contribution is 2.29. The number of rotatable bonds is 5. The van der Waals surface area contributed by atoms with Crippen LogP contribution >= 0.6 is 11.3 Å². The average molecular weight is 223 g/mol. The zero-order valence-electron chi connectivity index (χ0n) is 8.30. The lowest BCUT2D eigenvalue weighted by Gasteiger charge is -2.18. The monoisotopic (exact) mass is 223 g/mol. The van der Waals surface area contributed by atoms with E-state index in [9.17, 15) is 4.79 Å². The van der Waals surface area contributed by atoms with Crippen molar-refractivity contribution in [2.24, 2.45) is 0 Å². The molecule has 0 atom stereocenters. The highest BCUT2D eigenvalue weighted by atomic mass is 32.1. The molecule has 4 heteroatoms. The van der Waals surface area contributed by atoms with Crippen LogP contribution in [-0.2, 0) is 11.3 Å². The molecule has 0 radical (unpaired) electrons. The first-order valence-corrected chi connectivity index (χ1v) is 5.83. The lowest BCUT2D eigenvalue weighted by Crippen LogP contribution is -2.18. The fraction of sp³-hybridized carbons (Fsp3) is 0.364. The largest absolute Gasteiger partial charge is 0.478 e. The van der Waals surface area contributed by atoms with Gasteiger partial charge in [0.25, 0.3) is 0 Å². The maximum atomic E-state index is 10.4. The molecule has 1 fully saturated rings. The van der Waals surface area contributed by atoms with E-state index in [1.54, 1.807) is 17.5 Å². The third-order valence-corrected chi connectivity index (χ3v) is 3.20. The molecule has 2 rings (SSSR count). The van der Waals surface area contributed by atoms with Crippen LogP contribution in [0, 0.1) is 0 Å². The standard InChI is InChI=1S/C11H13NO2S/c13-11(14)5-6-12(9-3-4-9)8-10-2-1-7-15-10/h1-2,5-7,9H,3-4,8H2,(H,13,14). The molecule has 0 aliphatic heterocycles. The summed E-state index contributed by atoms with van der Waals surface area (Å²) in [6.07, 6.45) is 5.26. The van der Waals surface area contributed by atoms with Crippen molar-refractivity contribution in [1.82, 2.24) is 4.90 Å². The number of nitrogens with zero attached hydrogens (tertiary/aromatic N) is 1. The Morgan fingerprint density at radius 3 is 3.00 bits per heavy atom. The fourth-order valence-electron chi connectivity index (χ4n) is 1.45. The second-order valence-corrected chi connectivity index (χ2v) is 4.67. The molecule has 0 aromatic carbocycles. The predicted molar refractivity (Wildman–Crippen MR) is 59.7 cm³/mol. The van der Waals surface area contributed by atoms with E-state index in [1.807, 2.05) is 11.4 Å². The van der Waals surface area contributed by atoms with Gasteiger partial charge in [0, 0.05) is 23.2 Å². The topological polar surface area (TPSA) is 40.5 Å². The lowest BCUT2D eigenvalue weighted by molar-refractivity contribution is -0.131. The van der Waals surface area contributed by atoms with Crippen molar-refractivity contribution in [2.75, 3.05) is 0 Å². The first kappa shape index (κ1) is 10.2. The Morgan fingerprint density at radius 1 is 1.67 bits per heavy atom. The number of hydrogen-bond donors (Lipinski definition) is 1. The van der Waals surface area contributed by atoms with Crippen molar-refractivity contribution in [3.8, 4) is 0 Å². The van der Waals surface area contributed by atoms with E-state index in [2.05, 4.69) is 11.0 Å². The first-order chi connectivity index (χ1) is 7.25. The number of carboxylic acids is 1. The summed E-state index contributed by atoms with van der Waals surface area (Å²) >= 11 is 1.71. The minimum Gasteiger partial charge on any atom is -0.478 e. The fourth-order valence-corrected chi connectivity index (χ4v) is 2.16. The predicted octanol–water partition coefficient (Wildman–Crippen LogP) is 2.31.